The largest absolute Gasteiger partial charge is 0.326 e. The third kappa shape index (κ3) is 3.82. The third-order valence-electron chi connectivity index (χ3n) is 4.04. The van der Waals surface area contributed by atoms with Crippen molar-refractivity contribution in [3.63, 3.8) is 0 Å². The van der Waals surface area contributed by atoms with Gasteiger partial charge in [-0.3, -0.25) is 4.90 Å². The molecule has 1 aliphatic rings. The maximum Gasteiger partial charge on any atom is 0.0233 e. The molecular weight excluding hydrogens is 220 g/mol. The maximum atomic E-state index is 5.69. The van der Waals surface area contributed by atoms with Gasteiger partial charge in [0.05, 0.1) is 0 Å². The van der Waals surface area contributed by atoms with Gasteiger partial charge in [0.25, 0.3) is 0 Å². The van der Waals surface area contributed by atoms with Crippen LogP contribution in [0.25, 0.3) is 0 Å². The molecule has 0 saturated carbocycles. The van der Waals surface area contributed by atoms with E-state index in [1.165, 1.54) is 49.9 Å². The van der Waals surface area contributed by atoms with Crippen LogP contribution in [0, 0.1) is 5.92 Å². The molecule has 2 rings (SSSR count). The summed E-state index contributed by atoms with van der Waals surface area (Å²) in [4.78, 5) is 2.59. The summed E-state index contributed by atoms with van der Waals surface area (Å²) >= 11 is 0. The molecule has 0 aromatic heterocycles. The van der Waals surface area contributed by atoms with Gasteiger partial charge in [-0.1, -0.05) is 44.0 Å². The van der Waals surface area contributed by atoms with Crippen LogP contribution in [0.4, 0.5) is 0 Å². The van der Waals surface area contributed by atoms with E-state index < -0.39 is 0 Å². The summed E-state index contributed by atoms with van der Waals surface area (Å²) in [6.07, 6.45) is 5.51. The summed E-state index contributed by atoms with van der Waals surface area (Å²) in [7, 11) is 0. The Hall–Kier alpha value is -0.860. The Balaban J connectivity index is 1.83. The lowest BCUT2D eigenvalue weighted by molar-refractivity contribution is 0.172. The minimum absolute atomic E-state index is 0.645. The lowest BCUT2D eigenvalue weighted by Crippen LogP contribution is -2.33. The maximum absolute atomic E-state index is 5.69. The molecule has 1 aromatic rings. The molecule has 0 bridgehead atoms. The molecule has 100 valence electrons. The van der Waals surface area contributed by atoms with E-state index in [4.69, 9.17) is 5.73 Å². The second-order valence-corrected chi connectivity index (χ2v) is 5.53. The Morgan fingerprint density at radius 3 is 2.61 bits per heavy atom. The first-order chi connectivity index (χ1) is 8.81. The average Bonchev–Trinajstić information content (AvgIpc) is 2.42. The molecule has 1 fully saturated rings. The summed E-state index contributed by atoms with van der Waals surface area (Å²) in [6, 6.07) is 8.70. The molecule has 2 heteroatoms. The second-order valence-electron chi connectivity index (χ2n) is 5.53. The van der Waals surface area contributed by atoms with Gasteiger partial charge in [0.2, 0.25) is 0 Å². The molecule has 0 unspecified atom stereocenters. The lowest BCUT2D eigenvalue weighted by atomic mass is 9.92. The van der Waals surface area contributed by atoms with Crippen LogP contribution in [0.2, 0.25) is 0 Å². The van der Waals surface area contributed by atoms with Crippen LogP contribution >= 0.6 is 0 Å². The number of hydrogen-bond donors (Lipinski definition) is 1. The summed E-state index contributed by atoms with van der Waals surface area (Å²) in [6.45, 7) is 6.55. The zero-order chi connectivity index (χ0) is 12.8. The summed E-state index contributed by atoms with van der Waals surface area (Å²) in [5.41, 5.74) is 8.34. The molecule has 0 aliphatic carbocycles. The molecule has 0 radical (unpaired) electrons. The van der Waals surface area contributed by atoms with Gasteiger partial charge in [-0.25, -0.2) is 0 Å². The number of benzene rings is 1. The Labute approximate surface area is 111 Å². The van der Waals surface area contributed by atoms with Crippen molar-refractivity contribution in [1.82, 2.24) is 4.90 Å². The SMILES string of the molecule is CCCC1CCN(Cc2cccc(CN)c2)CC1. The van der Waals surface area contributed by atoms with E-state index >= 15 is 0 Å². The first-order valence-corrected chi connectivity index (χ1v) is 7.32. The molecular formula is C16H26N2. The van der Waals surface area contributed by atoms with Crippen molar-refractivity contribution in [3.05, 3.63) is 35.4 Å². The predicted molar refractivity (Wildman–Crippen MR) is 77.2 cm³/mol. The Morgan fingerprint density at radius 1 is 1.22 bits per heavy atom. The molecule has 1 heterocycles. The van der Waals surface area contributed by atoms with Crippen molar-refractivity contribution < 1.29 is 0 Å². The van der Waals surface area contributed by atoms with E-state index in [1.54, 1.807) is 0 Å². The molecule has 1 aromatic carbocycles. The van der Waals surface area contributed by atoms with Crippen LogP contribution in [0.5, 0.6) is 0 Å². The van der Waals surface area contributed by atoms with Gasteiger partial charge in [-0.15, -0.1) is 0 Å². The van der Waals surface area contributed by atoms with Crippen molar-refractivity contribution in [2.24, 2.45) is 11.7 Å². The average molecular weight is 246 g/mol. The van der Waals surface area contributed by atoms with E-state index in [-0.39, 0.29) is 0 Å². The zero-order valence-electron chi connectivity index (χ0n) is 11.6. The van der Waals surface area contributed by atoms with Crippen LogP contribution < -0.4 is 5.73 Å². The molecule has 0 spiro atoms. The van der Waals surface area contributed by atoms with E-state index in [0.29, 0.717) is 6.54 Å². The van der Waals surface area contributed by atoms with Gasteiger partial charge in [0, 0.05) is 13.1 Å². The molecule has 0 amide bonds. The fraction of sp³-hybridized carbons (Fsp3) is 0.625. The van der Waals surface area contributed by atoms with Crippen molar-refractivity contribution in [3.8, 4) is 0 Å². The highest BCUT2D eigenvalue weighted by atomic mass is 15.1. The van der Waals surface area contributed by atoms with Crippen LogP contribution in [-0.2, 0) is 13.1 Å². The van der Waals surface area contributed by atoms with Gasteiger partial charge in [-0.2, -0.15) is 0 Å². The standard InChI is InChI=1S/C16H26N2/c1-2-4-14-7-9-18(10-8-14)13-16-6-3-5-15(11-16)12-17/h3,5-6,11,14H,2,4,7-10,12-13,17H2,1H3. The number of nitrogens with two attached hydrogens (primary N) is 1. The van der Waals surface area contributed by atoms with Crippen LogP contribution in [0.15, 0.2) is 24.3 Å². The number of likely N-dealkylation sites (tertiary alicyclic amines) is 1. The normalized spacial score (nSPS) is 18.1. The molecule has 0 atom stereocenters. The van der Waals surface area contributed by atoms with Gasteiger partial charge in [-0.05, 0) is 43.0 Å². The Kier molecular flexibility index (Phi) is 5.21. The van der Waals surface area contributed by atoms with Crippen molar-refractivity contribution in [1.29, 1.82) is 0 Å². The second kappa shape index (κ2) is 6.91. The predicted octanol–water partition coefficient (Wildman–Crippen LogP) is 3.16. The van der Waals surface area contributed by atoms with Crippen LogP contribution in [0.3, 0.4) is 0 Å². The number of piperidine rings is 1. The highest BCUT2D eigenvalue weighted by molar-refractivity contribution is 5.23. The topological polar surface area (TPSA) is 29.3 Å². The van der Waals surface area contributed by atoms with E-state index in [1.807, 2.05) is 0 Å². The highest BCUT2D eigenvalue weighted by Crippen LogP contribution is 2.22. The Bertz CT molecular complexity index is 354. The number of rotatable bonds is 5. The fourth-order valence-corrected chi connectivity index (χ4v) is 2.95. The fourth-order valence-electron chi connectivity index (χ4n) is 2.95. The molecule has 2 N–H and O–H groups in total. The minimum atomic E-state index is 0.645. The van der Waals surface area contributed by atoms with E-state index in [2.05, 4.69) is 36.1 Å². The highest BCUT2D eigenvalue weighted by Gasteiger charge is 2.18. The molecule has 1 aliphatic heterocycles. The monoisotopic (exact) mass is 246 g/mol. The van der Waals surface area contributed by atoms with Crippen molar-refractivity contribution in [2.45, 2.75) is 45.7 Å². The van der Waals surface area contributed by atoms with Crippen LogP contribution in [0.1, 0.15) is 43.7 Å². The molecule has 18 heavy (non-hydrogen) atoms. The van der Waals surface area contributed by atoms with Gasteiger partial charge in [0.15, 0.2) is 0 Å². The first-order valence-electron chi connectivity index (χ1n) is 7.32. The quantitative estimate of drug-likeness (QED) is 0.864. The van der Waals surface area contributed by atoms with E-state index in [9.17, 15) is 0 Å². The summed E-state index contributed by atoms with van der Waals surface area (Å²) < 4.78 is 0. The van der Waals surface area contributed by atoms with Crippen molar-refractivity contribution in [2.75, 3.05) is 13.1 Å². The molecule has 2 nitrogen and oxygen atoms in total. The van der Waals surface area contributed by atoms with E-state index in [0.717, 1.165) is 12.5 Å². The summed E-state index contributed by atoms with van der Waals surface area (Å²) in [5, 5.41) is 0. The lowest BCUT2D eigenvalue weighted by Gasteiger charge is -2.31. The zero-order valence-corrected chi connectivity index (χ0v) is 11.6. The first kappa shape index (κ1) is 13.6. The number of hydrogen-bond acceptors (Lipinski definition) is 2. The van der Waals surface area contributed by atoms with Gasteiger partial charge >= 0.3 is 0 Å². The van der Waals surface area contributed by atoms with Crippen molar-refractivity contribution >= 4 is 0 Å². The Morgan fingerprint density at radius 2 is 1.94 bits per heavy atom. The van der Waals surface area contributed by atoms with Crippen LogP contribution in [-0.4, -0.2) is 18.0 Å². The van der Waals surface area contributed by atoms with Gasteiger partial charge < -0.3 is 5.73 Å². The minimum Gasteiger partial charge on any atom is -0.326 e. The van der Waals surface area contributed by atoms with Gasteiger partial charge in [0.1, 0.15) is 0 Å². The summed E-state index contributed by atoms with van der Waals surface area (Å²) in [5.74, 6) is 0.974. The number of nitrogens with zero attached hydrogens (tertiary/aromatic N) is 1. The molecule has 1 saturated heterocycles. The third-order valence-corrected chi connectivity index (χ3v) is 4.04. The smallest absolute Gasteiger partial charge is 0.0233 e.